The second-order valence-electron chi connectivity index (χ2n) is 5.80. The van der Waals surface area contributed by atoms with Gasteiger partial charge in [0, 0.05) is 12.4 Å². The maximum atomic E-state index is 12.1. The van der Waals surface area contributed by atoms with Crippen molar-refractivity contribution >= 4 is 17.7 Å². The van der Waals surface area contributed by atoms with Crippen LogP contribution in [0.25, 0.3) is 0 Å². The molecule has 0 aromatic heterocycles. The number of ether oxygens (including phenoxy) is 2. The van der Waals surface area contributed by atoms with Crippen LogP contribution in [0.15, 0.2) is 0 Å². The van der Waals surface area contributed by atoms with E-state index in [1.165, 1.54) is 20.0 Å². The Balaban J connectivity index is 1.76. The Morgan fingerprint density at radius 2 is 2.30 bits per heavy atom. The molecular weight excluding hydrogens is 274 g/mol. The number of esters is 1. The van der Waals surface area contributed by atoms with Gasteiger partial charge in [-0.3, -0.25) is 4.79 Å². The molecule has 20 heavy (non-hydrogen) atoms. The largest absolute Gasteiger partial charge is 0.468 e. The highest BCUT2D eigenvalue weighted by Gasteiger charge is 2.48. The molecule has 1 saturated heterocycles. The van der Waals surface area contributed by atoms with E-state index < -0.39 is 5.54 Å². The molecule has 2 fully saturated rings. The molecule has 3 unspecified atom stereocenters. The van der Waals surface area contributed by atoms with Crippen LogP contribution in [0.1, 0.15) is 38.5 Å². The van der Waals surface area contributed by atoms with Gasteiger partial charge in [0.2, 0.25) is 0 Å². The zero-order valence-corrected chi connectivity index (χ0v) is 13.5. The average Bonchev–Trinajstić information content (AvgIpc) is 3.12. The first-order valence-corrected chi connectivity index (χ1v) is 8.85. The molecular formula is C15H27NO3S. The summed E-state index contributed by atoms with van der Waals surface area (Å²) in [5.41, 5.74) is -0.445. The molecule has 2 rings (SSSR count). The highest BCUT2D eigenvalue weighted by atomic mass is 32.2. The molecule has 1 aliphatic heterocycles. The van der Waals surface area contributed by atoms with Gasteiger partial charge in [-0.25, -0.2) is 0 Å². The molecule has 1 N–H and O–H groups in total. The van der Waals surface area contributed by atoms with E-state index in [2.05, 4.69) is 5.32 Å². The van der Waals surface area contributed by atoms with Gasteiger partial charge in [-0.1, -0.05) is 6.42 Å². The quantitative estimate of drug-likeness (QED) is 0.577. The van der Waals surface area contributed by atoms with Crippen LogP contribution in [0.4, 0.5) is 0 Å². The van der Waals surface area contributed by atoms with Gasteiger partial charge in [-0.2, -0.15) is 11.8 Å². The minimum absolute atomic E-state index is 0.0911. The molecule has 0 aromatic carbocycles. The lowest BCUT2D eigenvalue weighted by atomic mass is 9.85. The molecule has 116 valence electrons. The van der Waals surface area contributed by atoms with E-state index in [9.17, 15) is 4.79 Å². The van der Waals surface area contributed by atoms with Gasteiger partial charge in [-0.15, -0.1) is 0 Å². The molecule has 1 aliphatic carbocycles. The predicted molar refractivity (Wildman–Crippen MR) is 82.1 cm³/mol. The van der Waals surface area contributed by atoms with Crippen molar-refractivity contribution in [1.29, 1.82) is 0 Å². The van der Waals surface area contributed by atoms with Crippen molar-refractivity contribution in [2.75, 3.05) is 32.3 Å². The molecule has 0 aromatic rings. The lowest BCUT2D eigenvalue weighted by molar-refractivity contribution is -0.150. The normalized spacial score (nSPS) is 33.5. The fourth-order valence-electron chi connectivity index (χ4n) is 3.57. The zero-order valence-electron chi connectivity index (χ0n) is 12.7. The number of hydrogen-bond donors (Lipinski definition) is 1. The molecule has 3 atom stereocenters. The number of rotatable bonds is 7. The summed E-state index contributed by atoms with van der Waals surface area (Å²) >= 11 is 1.96. The van der Waals surface area contributed by atoms with E-state index in [1.54, 1.807) is 0 Å². The third-order valence-electron chi connectivity index (χ3n) is 4.75. The van der Waals surface area contributed by atoms with Gasteiger partial charge in [-0.05, 0) is 50.8 Å². The van der Waals surface area contributed by atoms with Gasteiger partial charge >= 0.3 is 5.97 Å². The Bertz CT molecular complexity index is 320. The molecule has 1 saturated carbocycles. The van der Waals surface area contributed by atoms with Gasteiger partial charge in [0.05, 0.1) is 13.2 Å². The zero-order chi connectivity index (χ0) is 14.4. The van der Waals surface area contributed by atoms with Crippen LogP contribution in [0.2, 0.25) is 0 Å². The van der Waals surface area contributed by atoms with E-state index in [0.29, 0.717) is 12.0 Å². The number of hydrogen-bond acceptors (Lipinski definition) is 5. The van der Waals surface area contributed by atoms with E-state index in [4.69, 9.17) is 9.47 Å². The third kappa shape index (κ3) is 3.49. The molecule has 2 aliphatic rings. The van der Waals surface area contributed by atoms with Crippen molar-refractivity contribution in [3.05, 3.63) is 0 Å². The predicted octanol–water partition coefficient (Wildman–Crippen LogP) is 2.22. The number of likely N-dealkylation sites (N-methyl/N-ethyl adjacent to an activating group) is 1. The standard InChI is InChI=1S/C15H27NO3S/c1-16-15(14(17)18-2)8-3-5-12(15)7-10-20-11-13-6-4-9-19-13/h12-13,16H,3-11H2,1-2H3. The van der Waals surface area contributed by atoms with Crippen molar-refractivity contribution in [3.8, 4) is 0 Å². The summed E-state index contributed by atoms with van der Waals surface area (Å²) in [4.78, 5) is 12.1. The molecule has 4 nitrogen and oxygen atoms in total. The average molecular weight is 301 g/mol. The Hall–Kier alpha value is -0.260. The Kier molecular flexibility index (Phi) is 6.18. The smallest absolute Gasteiger partial charge is 0.326 e. The number of thioether (sulfide) groups is 1. The van der Waals surface area contributed by atoms with Crippen LogP contribution in [-0.4, -0.2) is 49.9 Å². The molecule has 0 radical (unpaired) electrons. The summed E-state index contributed by atoms with van der Waals surface area (Å²) in [6.45, 7) is 0.930. The second kappa shape index (κ2) is 7.66. The van der Waals surface area contributed by atoms with E-state index in [0.717, 1.165) is 43.8 Å². The second-order valence-corrected chi connectivity index (χ2v) is 6.95. The van der Waals surface area contributed by atoms with Crippen molar-refractivity contribution in [1.82, 2.24) is 5.32 Å². The lowest BCUT2D eigenvalue weighted by Gasteiger charge is -2.32. The van der Waals surface area contributed by atoms with Crippen LogP contribution in [0.5, 0.6) is 0 Å². The van der Waals surface area contributed by atoms with Gasteiger partial charge in [0.15, 0.2) is 0 Å². The number of carbonyl (C=O) groups is 1. The van der Waals surface area contributed by atoms with Crippen LogP contribution >= 0.6 is 11.8 Å². The first-order valence-electron chi connectivity index (χ1n) is 7.69. The Morgan fingerprint density at radius 3 is 2.95 bits per heavy atom. The summed E-state index contributed by atoms with van der Waals surface area (Å²) in [6.07, 6.45) is 7.08. The van der Waals surface area contributed by atoms with Crippen LogP contribution in [0, 0.1) is 5.92 Å². The highest BCUT2D eigenvalue weighted by Crippen LogP contribution is 2.39. The van der Waals surface area contributed by atoms with Crippen molar-refractivity contribution in [2.45, 2.75) is 50.2 Å². The molecule has 0 bridgehead atoms. The summed E-state index contributed by atoms with van der Waals surface area (Å²) < 4.78 is 10.7. The van der Waals surface area contributed by atoms with Crippen LogP contribution in [-0.2, 0) is 14.3 Å². The highest BCUT2D eigenvalue weighted by molar-refractivity contribution is 7.99. The molecule has 0 spiro atoms. The Labute approximate surface area is 126 Å². The summed E-state index contributed by atoms with van der Waals surface area (Å²) in [6, 6.07) is 0. The minimum atomic E-state index is -0.445. The molecule has 0 amide bonds. The molecule has 1 heterocycles. The van der Waals surface area contributed by atoms with Crippen molar-refractivity contribution < 1.29 is 14.3 Å². The number of nitrogens with one attached hydrogen (secondary N) is 1. The van der Waals surface area contributed by atoms with Crippen LogP contribution in [0.3, 0.4) is 0 Å². The lowest BCUT2D eigenvalue weighted by Crippen LogP contribution is -2.53. The SMILES string of the molecule is CNC1(C(=O)OC)CCCC1CCSCC1CCCO1. The van der Waals surface area contributed by atoms with Crippen LogP contribution < -0.4 is 5.32 Å². The number of methoxy groups -OCH3 is 1. The van der Waals surface area contributed by atoms with Crippen molar-refractivity contribution in [2.24, 2.45) is 5.92 Å². The maximum absolute atomic E-state index is 12.1. The summed E-state index contributed by atoms with van der Waals surface area (Å²) in [5, 5.41) is 3.25. The van der Waals surface area contributed by atoms with Gasteiger partial charge in [0.1, 0.15) is 5.54 Å². The van der Waals surface area contributed by atoms with Gasteiger partial charge in [0.25, 0.3) is 0 Å². The summed E-state index contributed by atoms with van der Waals surface area (Å²) in [5.74, 6) is 2.51. The fraction of sp³-hybridized carbons (Fsp3) is 0.933. The van der Waals surface area contributed by atoms with E-state index in [1.807, 2.05) is 18.8 Å². The van der Waals surface area contributed by atoms with E-state index in [-0.39, 0.29) is 5.97 Å². The first kappa shape index (κ1) is 16.1. The topological polar surface area (TPSA) is 47.6 Å². The third-order valence-corrected chi connectivity index (χ3v) is 5.89. The first-order chi connectivity index (χ1) is 9.73. The minimum Gasteiger partial charge on any atom is -0.468 e. The summed E-state index contributed by atoms with van der Waals surface area (Å²) in [7, 11) is 3.37. The number of carbonyl (C=O) groups excluding carboxylic acids is 1. The molecule has 5 heteroatoms. The Morgan fingerprint density at radius 1 is 1.45 bits per heavy atom. The van der Waals surface area contributed by atoms with E-state index >= 15 is 0 Å². The van der Waals surface area contributed by atoms with Crippen molar-refractivity contribution in [3.63, 3.8) is 0 Å². The van der Waals surface area contributed by atoms with Gasteiger partial charge < -0.3 is 14.8 Å². The monoisotopic (exact) mass is 301 g/mol. The maximum Gasteiger partial charge on any atom is 0.326 e. The fourth-order valence-corrected chi connectivity index (χ4v) is 4.71.